The minimum atomic E-state index is -0.706. The van der Waals surface area contributed by atoms with E-state index in [4.69, 9.17) is 16.3 Å². The first-order valence-electron chi connectivity index (χ1n) is 13.3. The maximum Gasteiger partial charge on any atom is 0.261 e. The van der Waals surface area contributed by atoms with Crippen LogP contribution in [-0.2, 0) is 28.0 Å². The summed E-state index contributed by atoms with van der Waals surface area (Å²) < 4.78 is 6.10. The number of unbranched alkanes of at least 4 members (excludes halogenated alkanes) is 1. The molecule has 0 aliphatic rings. The summed E-state index contributed by atoms with van der Waals surface area (Å²) in [6, 6.07) is 24.2. The zero-order valence-corrected chi connectivity index (χ0v) is 23.6. The van der Waals surface area contributed by atoms with Crippen molar-refractivity contribution in [2.45, 2.75) is 65.0 Å². The number of carbonyl (C=O) groups is 2. The molecule has 0 aromatic heterocycles. The number of nitrogens with one attached hydrogen (secondary N) is 1. The fraction of sp³-hybridized carbons (Fsp3) is 0.375. The highest BCUT2D eigenvalue weighted by molar-refractivity contribution is 6.30. The first kappa shape index (κ1) is 29.2. The van der Waals surface area contributed by atoms with E-state index in [1.807, 2.05) is 72.8 Å². The lowest BCUT2D eigenvalue weighted by Gasteiger charge is -2.32. The van der Waals surface area contributed by atoms with E-state index < -0.39 is 6.04 Å². The number of para-hydroxylation sites is 1. The van der Waals surface area contributed by atoms with Crippen LogP contribution < -0.4 is 10.1 Å². The molecular weight excluding hydrogens is 496 g/mol. The average Bonchev–Trinajstić information content (AvgIpc) is 2.89. The number of hydrogen-bond donors (Lipinski definition) is 1. The second-order valence-corrected chi connectivity index (χ2v) is 11.0. The van der Waals surface area contributed by atoms with Crippen LogP contribution in [0.5, 0.6) is 5.75 Å². The monoisotopic (exact) mass is 534 g/mol. The number of nitrogens with zero attached hydrogens (tertiary/aromatic N) is 1. The normalized spacial score (nSPS) is 12.0. The number of carbonyl (C=O) groups excluding carboxylic acids is 2. The van der Waals surface area contributed by atoms with Crippen molar-refractivity contribution in [2.75, 3.05) is 13.2 Å². The molecule has 1 atom stereocenters. The Bertz CT molecular complexity index is 1190. The van der Waals surface area contributed by atoms with Crippen molar-refractivity contribution < 1.29 is 14.3 Å². The molecule has 0 unspecified atom stereocenters. The van der Waals surface area contributed by atoms with Gasteiger partial charge >= 0.3 is 0 Å². The summed E-state index contributed by atoms with van der Waals surface area (Å²) in [5.74, 6) is 0.232. The second-order valence-electron chi connectivity index (χ2n) is 10.5. The Morgan fingerprint density at radius 3 is 2.32 bits per heavy atom. The summed E-state index contributed by atoms with van der Waals surface area (Å²) in [5, 5.41) is 3.62. The van der Waals surface area contributed by atoms with Crippen molar-refractivity contribution in [1.29, 1.82) is 0 Å². The molecule has 0 aliphatic carbocycles. The molecule has 3 aromatic rings. The van der Waals surface area contributed by atoms with Crippen molar-refractivity contribution in [3.8, 4) is 5.75 Å². The summed E-state index contributed by atoms with van der Waals surface area (Å²) in [6.07, 6.45) is 2.23. The van der Waals surface area contributed by atoms with Gasteiger partial charge in [-0.3, -0.25) is 9.59 Å². The lowest BCUT2D eigenvalue weighted by molar-refractivity contribution is -0.142. The number of ether oxygens (including phenoxy) is 1. The highest BCUT2D eigenvalue weighted by atomic mass is 35.5. The van der Waals surface area contributed by atoms with E-state index in [0.717, 1.165) is 29.5 Å². The standard InChI is InChI=1S/C32H39ClN2O3/c1-5-6-19-34-31(37)28(21-24-13-8-7-9-14-24)35(22-25-15-12-16-26(33)20-25)30(36)23-38-29-18-11-10-17-27(29)32(2,3)4/h7-18,20,28H,5-6,19,21-23H2,1-4H3,(H,34,37)/t28-/m0/s1. The van der Waals surface area contributed by atoms with Crippen LogP contribution in [0.1, 0.15) is 57.2 Å². The Balaban J connectivity index is 1.92. The van der Waals surface area contributed by atoms with Gasteiger partial charge in [-0.2, -0.15) is 0 Å². The van der Waals surface area contributed by atoms with Gasteiger partial charge < -0.3 is 15.0 Å². The summed E-state index contributed by atoms with van der Waals surface area (Å²) >= 11 is 6.26. The summed E-state index contributed by atoms with van der Waals surface area (Å²) in [6.45, 7) is 9.03. The Kier molecular flexibility index (Phi) is 10.8. The van der Waals surface area contributed by atoms with Gasteiger partial charge in [0.25, 0.3) is 5.91 Å². The third kappa shape index (κ3) is 8.63. The molecule has 2 amide bonds. The smallest absolute Gasteiger partial charge is 0.261 e. The van der Waals surface area contributed by atoms with Crippen LogP contribution in [0.25, 0.3) is 0 Å². The van der Waals surface area contributed by atoms with Gasteiger partial charge in [-0.05, 0) is 46.7 Å². The van der Waals surface area contributed by atoms with Gasteiger partial charge in [0.05, 0.1) is 0 Å². The van der Waals surface area contributed by atoms with Crippen molar-refractivity contribution in [1.82, 2.24) is 10.2 Å². The Morgan fingerprint density at radius 1 is 0.947 bits per heavy atom. The van der Waals surface area contributed by atoms with E-state index in [9.17, 15) is 9.59 Å². The van der Waals surface area contributed by atoms with Crippen molar-refractivity contribution in [2.24, 2.45) is 0 Å². The number of rotatable bonds is 12. The third-order valence-electron chi connectivity index (χ3n) is 6.39. The summed E-state index contributed by atoms with van der Waals surface area (Å²) in [7, 11) is 0. The van der Waals surface area contributed by atoms with Crippen LogP contribution in [0.2, 0.25) is 5.02 Å². The van der Waals surface area contributed by atoms with Crippen molar-refractivity contribution >= 4 is 23.4 Å². The first-order chi connectivity index (χ1) is 18.2. The third-order valence-corrected chi connectivity index (χ3v) is 6.62. The average molecular weight is 535 g/mol. The lowest BCUT2D eigenvalue weighted by atomic mass is 9.86. The van der Waals surface area contributed by atoms with Gasteiger partial charge in [0.1, 0.15) is 11.8 Å². The van der Waals surface area contributed by atoms with E-state index in [-0.39, 0.29) is 30.4 Å². The second kappa shape index (κ2) is 14.0. The largest absolute Gasteiger partial charge is 0.483 e. The molecule has 0 aliphatic heterocycles. The lowest BCUT2D eigenvalue weighted by Crippen LogP contribution is -2.51. The number of amides is 2. The Hall–Kier alpha value is -3.31. The van der Waals surface area contributed by atoms with E-state index >= 15 is 0 Å². The molecule has 5 nitrogen and oxygen atoms in total. The molecule has 3 aromatic carbocycles. The molecule has 1 N–H and O–H groups in total. The maximum absolute atomic E-state index is 13.8. The van der Waals surface area contributed by atoms with E-state index in [1.54, 1.807) is 11.0 Å². The number of halogens is 1. The minimum absolute atomic E-state index is 0.144. The van der Waals surface area contributed by atoms with Gasteiger partial charge in [-0.15, -0.1) is 0 Å². The molecule has 6 heteroatoms. The number of hydrogen-bond acceptors (Lipinski definition) is 3. The predicted molar refractivity (Wildman–Crippen MR) is 154 cm³/mol. The molecule has 202 valence electrons. The highest BCUT2D eigenvalue weighted by Crippen LogP contribution is 2.31. The molecule has 0 bridgehead atoms. The van der Waals surface area contributed by atoms with Crippen molar-refractivity contribution in [3.05, 3.63) is 101 Å². The van der Waals surface area contributed by atoms with E-state index in [0.29, 0.717) is 23.7 Å². The molecule has 0 radical (unpaired) electrons. The van der Waals surface area contributed by atoms with Crippen LogP contribution in [0.4, 0.5) is 0 Å². The van der Waals surface area contributed by atoms with Gasteiger partial charge in [-0.25, -0.2) is 0 Å². The Labute approximate surface area is 232 Å². The number of benzene rings is 3. The van der Waals surface area contributed by atoms with Crippen molar-refractivity contribution in [3.63, 3.8) is 0 Å². The van der Waals surface area contributed by atoms with E-state index in [2.05, 4.69) is 33.0 Å². The quantitative estimate of drug-likeness (QED) is 0.267. The Morgan fingerprint density at radius 2 is 1.63 bits per heavy atom. The predicted octanol–water partition coefficient (Wildman–Crippen LogP) is 6.57. The molecule has 0 heterocycles. The fourth-order valence-electron chi connectivity index (χ4n) is 4.33. The van der Waals surface area contributed by atoms with Crippen LogP contribution in [0.3, 0.4) is 0 Å². The highest BCUT2D eigenvalue weighted by Gasteiger charge is 2.31. The molecule has 0 fully saturated rings. The van der Waals surface area contributed by atoms with Crippen LogP contribution in [0.15, 0.2) is 78.9 Å². The van der Waals surface area contributed by atoms with Gasteiger partial charge in [0.2, 0.25) is 5.91 Å². The van der Waals surface area contributed by atoms with Crippen LogP contribution >= 0.6 is 11.6 Å². The molecule has 0 spiro atoms. The first-order valence-corrected chi connectivity index (χ1v) is 13.6. The topological polar surface area (TPSA) is 58.6 Å². The zero-order valence-electron chi connectivity index (χ0n) is 22.9. The van der Waals surface area contributed by atoms with Crippen LogP contribution in [0, 0.1) is 0 Å². The van der Waals surface area contributed by atoms with Gasteiger partial charge in [-0.1, -0.05) is 106 Å². The summed E-state index contributed by atoms with van der Waals surface area (Å²) in [5.41, 5.74) is 2.70. The SMILES string of the molecule is CCCCNC(=O)[C@H](Cc1ccccc1)N(Cc1cccc(Cl)c1)C(=O)COc1ccccc1C(C)(C)C. The van der Waals surface area contributed by atoms with Gasteiger partial charge in [0, 0.05) is 24.5 Å². The zero-order chi connectivity index (χ0) is 27.5. The summed E-state index contributed by atoms with van der Waals surface area (Å²) in [4.78, 5) is 29.0. The molecule has 0 saturated carbocycles. The molecule has 38 heavy (non-hydrogen) atoms. The van der Waals surface area contributed by atoms with E-state index in [1.165, 1.54) is 0 Å². The molecule has 3 rings (SSSR count). The molecular formula is C32H39ClN2O3. The maximum atomic E-state index is 13.8. The van der Waals surface area contributed by atoms with Gasteiger partial charge in [0.15, 0.2) is 6.61 Å². The molecule has 0 saturated heterocycles. The fourth-order valence-corrected chi connectivity index (χ4v) is 4.54. The van der Waals surface area contributed by atoms with Crippen LogP contribution in [-0.4, -0.2) is 35.9 Å². The minimum Gasteiger partial charge on any atom is -0.483 e.